The second-order valence-electron chi connectivity index (χ2n) is 4.57. The van der Waals surface area contributed by atoms with Crippen LogP contribution in [0, 0.1) is 11.3 Å². The Balaban J connectivity index is 3.19. The van der Waals surface area contributed by atoms with Crippen LogP contribution in [0.2, 0.25) is 0 Å². The molecule has 16 heavy (non-hydrogen) atoms. The molecule has 0 aromatic carbocycles. The van der Waals surface area contributed by atoms with Gasteiger partial charge < -0.3 is 0 Å². The molecule has 86 valence electrons. The van der Waals surface area contributed by atoms with Gasteiger partial charge in [0, 0.05) is 5.57 Å². The lowest BCUT2D eigenvalue weighted by molar-refractivity contribution is -0.121. The molecule has 0 fully saturated rings. The summed E-state index contributed by atoms with van der Waals surface area (Å²) in [6, 6.07) is 0. The monoisotopic (exact) mass is 218 g/mol. The molecular formula is C14H18O2. The van der Waals surface area contributed by atoms with Gasteiger partial charge in [-0.25, -0.2) is 0 Å². The molecule has 0 saturated carbocycles. The molecule has 0 spiro atoms. The third-order valence-corrected chi connectivity index (χ3v) is 2.96. The van der Waals surface area contributed by atoms with Gasteiger partial charge in [-0.2, -0.15) is 0 Å². The fourth-order valence-electron chi connectivity index (χ4n) is 1.53. The van der Waals surface area contributed by atoms with Crippen LogP contribution in [0.5, 0.6) is 0 Å². The predicted molar refractivity (Wildman–Crippen MR) is 65.0 cm³/mol. The minimum absolute atomic E-state index is 0.0318. The summed E-state index contributed by atoms with van der Waals surface area (Å²) in [7, 11) is 0. The van der Waals surface area contributed by atoms with Crippen molar-refractivity contribution < 1.29 is 9.59 Å². The second-order valence-corrected chi connectivity index (χ2v) is 4.57. The lowest BCUT2D eigenvalue weighted by atomic mass is 9.82. The zero-order chi connectivity index (χ0) is 12.3. The van der Waals surface area contributed by atoms with Crippen molar-refractivity contribution in [1.29, 1.82) is 0 Å². The molecule has 0 radical (unpaired) electrons. The van der Waals surface area contributed by atoms with E-state index in [1.165, 1.54) is 0 Å². The lowest BCUT2D eigenvalue weighted by Crippen LogP contribution is -2.21. The zero-order valence-corrected chi connectivity index (χ0v) is 10.3. The first-order valence-electron chi connectivity index (χ1n) is 5.47. The van der Waals surface area contributed by atoms with Crippen molar-refractivity contribution in [3.05, 3.63) is 36.0 Å². The zero-order valence-electron chi connectivity index (χ0n) is 10.3. The summed E-state index contributed by atoms with van der Waals surface area (Å²) >= 11 is 0. The maximum absolute atomic E-state index is 11.6. The molecule has 0 aliphatic heterocycles. The first-order valence-corrected chi connectivity index (χ1v) is 5.47. The number of allylic oxidation sites excluding steroid dienone is 6. The lowest BCUT2D eigenvalue weighted by Gasteiger charge is -2.20. The van der Waals surface area contributed by atoms with Gasteiger partial charge in [-0.15, -0.1) is 0 Å². The smallest absolute Gasteiger partial charge is 0.159 e. The van der Waals surface area contributed by atoms with E-state index in [9.17, 15) is 9.59 Å². The summed E-state index contributed by atoms with van der Waals surface area (Å²) in [6.45, 7) is 6.97. The summed E-state index contributed by atoms with van der Waals surface area (Å²) < 4.78 is 0. The van der Waals surface area contributed by atoms with Crippen LogP contribution in [-0.2, 0) is 9.59 Å². The van der Waals surface area contributed by atoms with Gasteiger partial charge in [-0.05, 0) is 26.7 Å². The van der Waals surface area contributed by atoms with E-state index in [1.807, 2.05) is 32.1 Å². The predicted octanol–water partition coefficient (Wildman–Crippen LogP) is 2.86. The van der Waals surface area contributed by atoms with E-state index in [-0.39, 0.29) is 17.5 Å². The van der Waals surface area contributed by atoms with Crippen molar-refractivity contribution in [2.75, 3.05) is 0 Å². The van der Waals surface area contributed by atoms with Crippen LogP contribution in [0.15, 0.2) is 36.0 Å². The molecule has 0 heterocycles. The number of rotatable bonds is 2. The molecule has 2 heteroatoms. The van der Waals surface area contributed by atoms with Gasteiger partial charge in [0.2, 0.25) is 0 Å². The topological polar surface area (TPSA) is 34.1 Å². The van der Waals surface area contributed by atoms with Crippen molar-refractivity contribution in [2.45, 2.75) is 27.7 Å². The largest absolute Gasteiger partial charge is 0.299 e. The minimum Gasteiger partial charge on any atom is -0.299 e. The highest BCUT2D eigenvalue weighted by atomic mass is 16.1. The maximum atomic E-state index is 11.6. The molecule has 0 N–H and O–H groups in total. The van der Waals surface area contributed by atoms with Crippen LogP contribution < -0.4 is 0 Å². The molecule has 1 aliphatic rings. The van der Waals surface area contributed by atoms with E-state index in [0.29, 0.717) is 5.57 Å². The number of carbonyl (C=O) groups is 2. The van der Waals surface area contributed by atoms with Crippen LogP contribution in [-0.4, -0.2) is 11.6 Å². The van der Waals surface area contributed by atoms with Gasteiger partial charge in [0.15, 0.2) is 5.78 Å². The van der Waals surface area contributed by atoms with Gasteiger partial charge in [0.25, 0.3) is 0 Å². The van der Waals surface area contributed by atoms with Crippen molar-refractivity contribution in [1.82, 2.24) is 0 Å². The summed E-state index contributed by atoms with van der Waals surface area (Å²) in [5, 5.41) is 0. The Morgan fingerprint density at radius 2 is 1.88 bits per heavy atom. The molecule has 2 nitrogen and oxygen atoms in total. The molecule has 0 aromatic rings. The highest BCUT2D eigenvalue weighted by Gasteiger charge is 2.24. The quantitative estimate of drug-likeness (QED) is 0.668. The van der Waals surface area contributed by atoms with Gasteiger partial charge in [-0.1, -0.05) is 37.3 Å². The van der Waals surface area contributed by atoms with Crippen molar-refractivity contribution in [3.63, 3.8) is 0 Å². The molecule has 0 amide bonds. The average Bonchev–Trinajstić information content (AvgIpc) is 2.18. The molecule has 2 atom stereocenters. The van der Waals surface area contributed by atoms with Gasteiger partial charge in [0.1, 0.15) is 5.78 Å². The number of hydrogen-bond acceptors (Lipinski definition) is 2. The Morgan fingerprint density at radius 1 is 1.25 bits per heavy atom. The van der Waals surface area contributed by atoms with Crippen LogP contribution in [0.1, 0.15) is 27.7 Å². The Labute approximate surface area is 96.7 Å². The summed E-state index contributed by atoms with van der Waals surface area (Å²) in [5.74, 6) is 0.281. The maximum Gasteiger partial charge on any atom is 0.159 e. The third-order valence-electron chi connectivity index (χ3n) is 2.96. The summed E-state index contributed by atoms with van der Waals surface area (Å²) in [4.78, 5) is 22.9. The molecule has 2 unspecified atom stereocenters. The molecule has 0 saturated heterocycles. The molecule has 1 aliphatic carbocycles. The number of hydrogen-bond donors (Lipinski definition) is 0. The van der Waals surface area contributed by atoms with Gasteiger partial charge in [0.05, 0.1) is 5.41 Å². The van der Waals surface area contributed by atoms with E-state index in [0.717, 1.165) is 0 Å². The Hall–Kier alpha value is -1.44. The number of carbonyl (C=O) groups excluding carboxylic acids is 2. The number of Topliss-reactive ketones (excluding diaryl/α,β-unsaturated/α-hetero) is 2. The van der Waals surface area contributed by atoms with Gasteiger partial charge in [-0.3, -0.25) is 9.59 Å². The van der Waals surface area contributed by atoms with E-state index in [1.54, 1.807) is 26.0 Å². The Morgan fingerprint density at radius 3 is 2.38 bits per heavy atom. The fraction of sp³-hybridized carbons (Fsp3) is 0.429. The van der Waals surface area contributed by atoms with Crippen molar-refractivity contribution in [2.24, 2.45) is 11.3 Å². The third kappa shape index (κ3) is 2.78. The van der Waals surface area contributed by atoms with Crippen LogP contribution >= 0.6 is 0 Å². The standard InChI is InChI=1S/C14H18O2/c1-10-5-7-14(4,12(3)16)8-6-13(9-10)11(2)15/h5-10H,1-4H3/b7-5-,8-6?,13-9?. The Bertz CT molecular complexity index is 399. The second kappa shape index (κ2) is 4.60. The van der Waals surface area contributed by atoms with Crippen LogP contribution in [0.25, 0.3) is 0 Å². The molecule has 1 rings (SSSR count). The van der Waals surface area contributed by atoms with Crippen LogP contribution in [0.3, 0.4) is 0 Å². The first kappa shape index (κ1) is 12.6. The van der Waals surface area contributed by atoms with Crippen molar-refractivity contribution >= 4 is 11.6 Å². The summed E-state index contributed by atoms with van der Waals surface area (Å²) in [6.07, 6.45) is 9.33. The highest BCUT2D eigenvalue weighted by Crippen LogP contribution is 2.26. The Kier molecular flexibility index (Phi) is 3.63. The highest BCUT2D eigenvalue weighted by molar-refractivity contribution is 5.96. The van der Waals surface area contributed by atoms with Crippen LogP contribution in [0.4, 0.5) is 0 Å². The summed E-state index contributed by atoms with van der Waals surface area (Å²) in [5.41, 5.74) is 0.0766. The molecule has 0 aromatic heterocycles. The fourth-order valence-corrected chi connectivity index (χ4v) is 1.53. The molecular weight excluding hydrogens is 200 g/mol. The van der Waals surface area contributed by atoms with E-state index in [2.05, 4.69) is 0 Å². The van der Waals surface area contributed by atoms with E-state index in [4.69, 9.17) is 0 Å². The molecule has 0 bridgehead atoms. The SMILES string of the molecule is CC(=O)C1=CC(C)/C=C\C(C)(C(C)=O)C=C1. The van der Waals surface area contributed by atoms with Crippen molar-refractivity contribution in [3.8, 4) is 0 Å². The number of ketones is 2. The van der Waals surface area contributed by atoms with E-state index >= 15 is 0 Å². The minimum atomic E-state index is -0.594. The normalized spacial score (nSPS) is 31.2. The van der Waals surface area contributed by atoms with Gasteiger partial charge >= 0.3 is 0 Å². The van der Waals surface area contributed by atoms with E-state index < -0.39 is 5.41 Å². The first-order chi connectivity index (χ1) is 7.35. The average molecular weight is 218 g/mol.